The van der Waals surface area contributed by atoms with Gasteiger partial charge < -0.3 is 20.1 Å². The molecule has 98 valence electrons. The summed E-state index contributed by atoms with van der Waals surface area (Å²) >= 11 is 6.12. The van der Waals surface area contributed by atoms with Crippen molar-refractivity contribution in [3.05, 3.63) is 28.4 Å². The number of rotatable bonds is 3. The van der Waals surface area contributed by atoms with Gasteiger partial charge in [-0.25, -0.2) is 0 Å². The minimum atomic E-state index is -0.681. The zero-order valence-corrected chi connectivity index (χ0v) is 11.5. The van der Waals surface area contributed by atoms with Crippen LogP contribution in [-0.2, 0) is 7.05 Å². The van der Waals surface area contributed by atoms with E-state index in [2.05, 4.69) is 0 Å². The second kappa shape index (κ2) is 4.80. The number of nitrogens with two attached hydrogens (primary N) is 1. The van der Waals surface area contributed by atoms with Gasteiger partial charge in [-0.1, -0.05) is 11.6 Å². The lowest BCUT2D eigenvalue weighted by atomic mass is 10.1. The van der Waals surface area contributed by atoms with Crippen LogP contribution in [-0.4, -0.2) is 23.3 Å². The van der Waals surface area contributed by atoms with Crippen LogP contribution < -0.4 is 10.5 Å². The Bertz CT molecular complexity index is 592. The summed E-state index contributed by atoms with van der Waals surface area (Å²) in [6.45, 7) is 2.14. The molecule has 0 saturated heterocycles. The Kier molecular flexibility index (Phi) is 3.52. The second-order valence-electron chi connectivity index (χ2n) is 4.31. The molecule has 0 aliphatic rings. The van der Waals surface area contributed by atoms with E-state index in [-0.39, 0.29) is 6.54 Å². The molecule has 2 aromatic rings. The van der Waals surface area contributed by atoms with Crippen LogP contribution >= 0.6 is 11.6 Å². The van der Waals surface area contributed by atoms with Crippen molar-refractivity contribution >= 4 is 22.5 Å². The monoisotopic (exact) mass is 268 g/mol. The van der Waals surface area contributed by atoms with Gasteiger partial charge in [0, 0.05) is 30.2 Å². The van der Waals surface area contributed by atoms with E-state index in [0.29, 0.717) is 10.8 Å². The molecule has 1 unspecified atom stereocenters. The van der Waals surface area contributed by atoms with Crippen LogP contribution in [0, 0.1) is 6.92 Å². The normalized spacial score (nSPS) is 13.0. The van der Waals surface area contributed by atoms with Crippen LogP contribution in [0.15, 0.2) is 12.1 Å². The number of aryl methyl sites for hydroxylation is 1. The van der Waals surface area contributed by atoms with Crippen molar-refractivity contribution in [2.45, 2.75) is 13.0 Å². The van der Waals surface area contributed by atoms with Crippen LogP contribution in [0.2, 0.25) is 5.02 Å². The number of aromatic nitrogens is 1. The Hall–Kier alpha value is -1.23. The number of nitrogens with zero attached hydrogens (tertiary/aromatic N) is 1. The van der Waals surface area contributed by atoms with Crippen molar-refractivity contribution in [1.82, 2.24) is 4.57 Å². The molecule has 18 heavy (non-hydrogen) atoms. The molecule has 0 aliphatic heterocycles. The highest BCUT2D eigenvalue weighted by Gasteiger charge is 2.19. The molecule has 0 aliphatic carbocycles. The molecule has 2 rings (SSSR count). The van der Waals surface area contributed by atoms with Crippen molar-refractivity contribution in [2.75, 3.05) is 13.7 Å². The van der Waals surface area contributed by atoms with Gasteiger partial charge in [0.15, 0.2) is 0 Å². The van der Waals surface area contributed by atoms with Gasteiger partial charge in [0.05, 0.1) is 23.8 Å². The number of methoxy groups -OCH3 is 1. The van der Waals surface area contributed by atoms with Crippen molar-refractivity contribution < 1.29 is 9.84 Å². The van der Waals surface area contributed by atoms with Gasteiger partial charge >= 0.3 is 0 Å². The van der Waals surface area contributed by atoms with Crippen LogP contribution in [0.5, 0.6) is 5.75 Å². The predicted molar refractivity (Wildman–Crippen MR) is 73.2 cm³/mol. The number of hydrogen-bond donors (Lipinski definition) is 2. The smallest absolute Gasteiger partial charge is 0.138 e. The van der Waals surface area contributed by atoms with E-state index >= 15 is 0 Å². The van der Waals surface area contributed by atoms with E-state index in [9.17, 15) is 5.11 Å². The summed E-state index contributed by atoms with van der Waals surface area (Å²) in [7, 11) is 3.51. The maximum atomic E-state index is 10.0. The maximum absolute atomic E-state index is 10.0. The third-order valence-electron chi connectivity index (χ3n) is 3.37. The number of aliphatic hydroxyl groups excluding tert-OH is 1. The van der Waals surface area contributed by atoms with Gasteiger partial charge in [0.2, 0.25) is 0 Å². The first-order chi connectivity index (χ1) is 8.51. The fourth-order valence-corrected chi connectivity index (χ4v) is 2.52. The van der Waals surface area contributed by atoms with Crippen LogP contribution in [0.1, 0.15) is 17.4 Å². The SMILES string of the molecule is COc1cc2c(C(O)CN)c(C)n(C)c2cc1Cl. The maximum Gasteiger partial charge on any atom is 0.138 e. The van der Waals surface area contributed by atoms with Gasteiger partial charge in [-0.3, -0.25) is 0 Å². The van der Waals surface area contributed by atoms with E-state index in [0.717, 1.165) is 22.2 Å². The van der Waals surface area contributed by atoms with Crippen molar-refractivity contribution in [2.24, 2.45) is 12.8 Å². The molecule has 0 saturated carbocycles. The van der Waals surface area contributed by atoms with E-state index in [1.807, 2.05) is 30.7 Å². The molecular formula is C13H17ClN2O2. The lowest BCUT2D eigenvalue weighted by Gasteiger charge is -2.09. The molecule has 0 radical (unpaired) electrons. The molecule has 1 aromatic heterocycles. The standard InChI is InChI=1S/C13H17ClN2O2/c1-7-13(11(17)6-15)8-4-12(18-3)9(14)5-10(8)16(7)2/h4-5,11,17H,6,15H2,1-3H3. The molecule has 0 bridgehead atoms. The van der Waals surface area contributed by atoms with E-state index in [1.165, 1.54) is 0 Å². The highest BCUT2D eigenvalue weighted by Crippen LogP contribution is 2.36. The van der Waals surface area contributed by atoms with Gasteiger partial charge in [-0.2, -0.15) is 0 Å². The Labute approximate surface area is 111 Å². The van der Waals surface area contributed by atoms with Crippen molar-refractivity contribution in [3.63, 3.8) is 0 Å². The van der Waals surface area contributed by atoms with Crippen LogP contribution in [0.25, 0.3) is 10.9 Å². The topological polar surface area (TPSA) is 60.4 Å². The van der Waals surface area contributed by atoms with Crippen molar-refractivity contribution in [1.29, 1.82) is 0 Å². The van der Waals surface area contributed by atoms with Crippen LogP contribution in [0.3, 0.4) is 0 Å². The lowest BCUT2D eigenvalue weighted by Crippen LogP contribution is -2.12. The molecule has 1 heterocycles. The second-order valence-corrected chi connectivity index (χ2v) is 4.72. The first kappa shape index (κ1) is 13.2. The fraction of sp³-hybridized carbons (Fsp3) is 0.385. The lowest BCUT2D eigenvalue weighted by molar-refractivity contribution is 0.187. The Morgan fingerprint density at radius 2 is 2.17 bits per heavy atom. The first-order valence-corrected chi connectivity index (χ1v) is 6.09. The number of hydrogen-bond acceptors (Lipinski definition) is 3. The molecule has 0 fully saturated rings. The van der Waals surface area contributed by atoms with E-state index in [4.69, 9.17) is 22.1 Å². The highest BCUT2D eigenvalue weighted by atomic mass is 35.5. The number of ether oxygens (including phenoxy) is 1. The molecule has 0 amide bonds. The number of aliphatic hydroxyl groups is 1. The van der Waals surface area contributed by atoms with Gasteiger partial charge in [0.25, 0.3) is 0 Å². The fourth-order valence-electron chi connectivity index (χ4n) is 2.29. The van der Waals surface area contributed by atoms with Crippen LogP contribution in [0.4, 0.5) is 0 Å². The van der Waals surface area contributed by atoms with E-state index < -0.39 is 6.10 Å². The summed E-state index contributed by atoms with van der Waals surface area (Å²) in [5, 5.41) is 11.5. The van der Waals surface area contributed by atoms with Crippen molar-refractivity contribution in [3.8, 4) is 5.75 Å². The summed E-state index contributed by atoms with van der Waals surface area (Å²) < 4.78 is 7.21. The minimum absolute atomic E-state index is 0.185. The summed E-state index contributed by atoms with van der Waals surface area (Å²) in [5.74, 6) is 0.597. The number of benzene rings is 1. The number of fused-ring (bicyclic) bond motifs is 1. The quantitative estimate of drug-likeness (QED) is 0.897. The average Bonchev–Trinajstić information content (AvgIpc) is 2.60. The zero-order chi connectivity index (χ0) is 13.4. The van der Waals surface area contributed by atoms with Gasteiger partial charge in [0.1, 0.15) is 5.75 Å². The molecule has 5 heteroatoms. The zero-order valence-electron chi connectivity index (χ0n) is 10.7. The Balaban J connectivity index is 2.81. The van der Waals surface area contributed by atoms with Gasteiger partial charge in [-0.05, 0) is 19.1 Å². The van der Waals surface area contributed by atoms with Gasteiger partial charge in [-0.15, -0.1) is 0 Å². The molecule has 3 N–H and O–H groups in total. The largest absolute Gasteiger partial charge is 0.495 e. The average molecular weight is 269 g/mol. The molecule has 1 atom stereocenters. The number of halogens is 1. The molecular weight excluding hydrogens is 252 g/mol. The van der Waals surface area contributed by atoms with E-state index in [1.54, 1.807) is 7.11 Å². The summed E-state index contributed by atoms with van der Waals surface area (Å²) in [4.78, 5) is 0. The summed E-state index contributed by atoms with van der Waals surface area (Å²) in [5.41, 5.74) is 8.33. The molecule has 1 aromatic carbocycles. The summed E-state index contributed by atoms with van der Waals surface area (Å²) in [6, 6.07) is 3.69. The third kappa shape index (κ3) is 1.86. The molecule has 0 spiro atoms. The minimum Gasteiger partial charge on any atom is -0.495 e. The third-order valence-corrected chi connectivity index (χ3v) is 3.67. The highest BCUT2D eigenvalue weighted by molar-refractivity contribution is 6.32. The Morgan fingerprint density at radius 3 is 2.72 bits per heavy atom. The summed E-state index contributed by atoms with van der Waals surface area (Å²) in [6.07, 6.45) is -0.681. The first-order valence-electron chi connectivity index (χ1n) is 5.71. The molecule has 4 nitrogen and oxygen atoms in total. The predicted octanol–water partition coefficient (Wildman–Crippen LogP) is 2.14. The Morgan fingerprint density at radius 1 is 1.50 bits per heavy atom.